The number of aryl methyl sites for hydroxylation is 1. The molecule has 8 heteroatoms. The molecule has 1 saturated heterocycles. The highest BCUT2D eigenvalue weighted by Gasteiger charge is 2.29. The zero-order valence-electron chi connectivity index (χ0n) is 17.3. The van der Waals surface area contributed by atoms with Crippen molar-refractivity contribution < 1.29 is 9.53 Å². The number of ether oxygens (including phenoxy) is 1. The predicted molar refractivity (Wildman–Crippen MR) is 122 cm³/mol. The molecule has 31 heavy (non-hydrogen) atoms. The minimum atomic E-state index is -0.0585. The Balaban J connectivity index is 1.45. The van der Waals surface area contributed by atoms with Crippen molar-refractivity contribution in [1.82, 2.24) is 14.9 Å². The zero-order chi connectivity index (χ0) is 22.0. The average molecular weight is 457 g/mol. The van der Waals surface area contributed by atoms with Gasteiger partial charge in [-0.25, -0.2) is 9.97 Å². The molecule has 0 saturated carbocycles. The molecule has 0 unspecified atom stereocenters. The molecule has 1 aromatic heterocycles. The number of aromatic nitrogens is 2. The molecule has 160 valence electrons. The van der Waals surface area contributed by atoms with Crippen LogP contribution in [0.25, 0.3) is 0 Å². The standard InChI is InChI=1S/C23H22Cl2N4O2/c1-15-4-3-5-18(10-15)31-22-12-21(26-14-27-22)28-8-9-29(16(2)13-28)23(30)17-6-7-19(24)20(25)11-17/h3-7,10-12,14,16H,8-9,13H2,1-2H3/t16-/m0/s1. The third-order valence-electron chi connectivity index (χ3n) is 5.22. The number of anilines is 1. The molecule has 1 fully saturated rings. The molecule has 0 bridgehead atoms. The summed E-state index contributed by atoms with van der Waals surface area (Å²) in [4.78, 5) is 25.6. The van der Waals surface area contributed by atoms with Gasteiger partial charge in [0.2, 0.25) is 5.88 Å². The second-order valence-electron chi connectivity index (χ2n) is 7.56. The topological polar surface area (TPSA) is 58.6 Å². The summed E-state index contributed by atoms with van der Waals surface area (Å²) in [5, 5.41) is 0.810. The van der Waals surface area contributed by atoms with Gasteiger partial charge in [-0.2, -0.15) is 0 Å². The summed E-state index contributed by atoms with van der Waals surface area (Å²) in [5.74, 6) is 1.93. The monoisotopic (exact) mass is 456 g/mol. The van der Waals surface area contributed by atoms with E-state index in [4.69, 9.17) is 27.9 Å². The van der Waals surface area contributed by atoms with Gasteiger partial charge in [0.1, 0.15) is 17.9 Å². The first-order valence-electron chi connectivity index (χ1n) is 9.98. The first-order valence-corrected chi connectivity index (χ1v) is 10.7. The second-order valence-corrected chi connectivity index (χ2v) is 8.37. The number of hydrogen-bond donors (Lipinski definition) is 0. The van der Waals surface area contributed by atoms with E-state index in [1.807, 2.05) is 49.1 Å². The highest BCUT2D eigenvalue weighted by Crippen LogP contribution is 2.26. The maximum absolute atomic E-state index is 13.0. The molecule has 3 aromatic rings. The molecular weight excluding hydrogens is 435 g/mol. The highest BCUT2D eigenvalue weighted by atomic mass is 35.5. The van der Waals surface area contributed by atoms with Gasteiger partial charge < -0.3 is 14.5 Å². The van der Waals surface area contributed by atoms with Crippen LogP contribution in [0.1, 0.15) is 22.8 Å². The van der Waals surface area contributed by atoms with Crippen LogP contribution in [0.5, 0.6) is 11.6 Å². The van der Waals surface area contributed by atoms with Crippen LogP contribution in [0.3, 0.4) is 0 Å². The lowest BCUT2D eigenvalue weighted by Crippen LogP contribution is -2.54. The molecule has 6 nitrogen and oxygen atoms in total. The largest absolute Gasteiger partial charge is 0.439 e. The summed E-state index contributed by atoms with van der Waals surface area (Å²) in [7, 11) is 0. The Hall–Kier alpha value is -2.83. The Labute approximate surface area is 191 Å². The van der Waals surface area contributed by atoms with Crippen LogP contribution in [0.2, 0.25) is 10.0 Å². The van der Waals surface area contributed by atoms with Crippen LogP contribution in [-0.4, -0.2) is 46.5 Å². The number of piperazine rings is 1. The normalized spacial score (nSPS) is 16.3. The van der Waals surface area contributed by atoms with E-state index < -0.39 is 0 Å². The maximum atomic E-state index is 13.0. The molecule has 0 radical (unpaired) electrons. The van der Waals surface area contributed by atoms with Crippen molar-refractivity contribution in [2.24, 2.45) is 0 Å². The molecule has 1 aliphatic heterocycles. The van der Waals surface area contributed by atoms with E-state index in [9.17, 15) is 4.79 Å². The minimum absolute atomic E-state index is 0.00758. The summed E-state index contributed by atoms with van der Waals surface area (Å²) < 4.78 is 5.89. The number of carbonyl (C=O) groups is 1. The van der Waals surface area contributed by atoms with Crippen molar-refractivity contribution in [2.45, 2.75) is 19.9 Å². The number of benzene rings is 2. The van der Waals surface area contributed by atoms with Gasteiger partial charge in [0.05, 0.1) is 10.0 Å². The van der Waals surface area contributed by atoms with Crippen LogP contribution in [0, 0.1) is 6.92 Å². The highest BCUT2D eigenvalue weighted by molar-refractivity contribution is 6.42. The summed E-state index contributed by atoms with van der Waals surface area (Å²) in [5.41, 5.74) is 1.65. The van der Waals surface area contributed by atoms with Gasteiger partial charge in [0, 0.05) is 37.3 Å². The molecule has 1 aliphatic rings. The lowest BCUT2D eigenvalue weighted by Gasteiger charge is -2.40. The number of rotatable bonds is 4. The van der Waals surface area contributed by atoms with E-state index in [0.717, 1.165) is 17.1 Å². The summed E-state index contributed by atoms with van der Waals surface area (Å²) in [6.07, 6.45) is 1.50. The van der Waals surface area contributed by atoms with Gasteiger partial charge in [-0.15, -0.1) is 0 Å². The number of carbonyl (C=O) groups excluding carboxylic acids is 1. The minimum Gasteiger partial charge on any atom is -0.439 e. The fourth-order valence-corrected chi connectivity index (χ4v) is 3.92. The van der Waals surface area contributed by atoms with E-state index in [2.05, 4.69) is 14.9 Å². The van der Waals surface area contributed by atoms with Crippen molar-refractivity contribution in [3.8, 4) is 11.6 Å². The average Bonchev–Trinajstić information content (AvgIpc) is 2.75. The van der Waals surface area contributed by atoms with Gasteiger partial charge in [0.25, 0.3) is 5.91 Å². The number of amides is 1. The number of hydrogen-bond acceptors (Lipinski definition) is 5. The summed E-state index contributed by atoms with van der Waals surface area (Å²) in [6, 6.07) is 14.6. The van der Waals surface area contributed by atoms with Crippen LogP contribution in [-0.2, 0) is 0 Å². The van der Waals surface area contributed by atoms with Crippen LogP contribution in [0.4, 0.5) is 5.82 Å². The van der Waals surface area contributed by atoms with Crippen molar-refractivity contribution in [1.29, 1.82) is 0 Å². The molecule has 0 spiro atoms. The molecule has 2 aromatic carbocycles. The van der Waals surface area contributed by atoms with Gasteiger partial charge >= 0.3 is 0 Å². The van der Waals surface area contributed by atoms with Gasteiger partial charge in [-0.1, -0.05) is 35.3 Å². The van der Waals surface area contributed by atoms with Gasteiger partial charge in [-0.3, -0.25) is 4.79 Å². The first-order chi connectivity index (χ1) is 14.9. The SMILES string of the molecule is Cc1cccc(Oc2cc(N3CCN(C(=O)c4ccc(Cl)c(Cl)c4)[C@@H](C)C3)ncn2)c1. The van der Waals surface area contributed by atoms with E-state index in [-0.39, 0.29) is 11.9 Å². The third-order valence-corrected chi connectivity index (χ3v) is 5.96. The van der Waals surface area contributed by atoms with Crippen molar-refractivity contribution in [2.75, 3.05) is 24.5 Å². The molecule has 0 N–H and O–H groups in total. The number of halogens is 2. The first kappa shape index (κ1) is 21.4. The molecular formula is C23H22Cl2N4O2. The fraction of sp³-hybridized carbons (Fsp3) is 0.261. The van der Waals surface area contributed by atoms with Gasteiger partial charge in [0.15, 0.2) is 0 Å². The zero-order valence-corrected chi connectivity index (χ0v) is 18.8. The second kappa shape index (κ2) is 9.12. The molecule has 1 atom stereocenters. The summed E-state index contributed by atoms with van der Waals surface area (Å²) in [6.45, 7) is 5.90. The van der Waals surface area contributed by atoms with Crippen LogP contribution < -0.4 is 9.64 Å². The van der Waals surface area contributed by atoms with Crippen LogP contribution in [0.15, 0.2) is 54.9 Å². The Morgan fingerprint density at radius 1 is 1.06 bits per heavy atom. The van der Waals surface area contributed by atoms with E-state index in [1.54, 1.807) is 18.2 Å². The van der Waals surface area contributed by atoms with E-state index in [0.29, 0.717) is 41.1 Å². The maximum Gasteiger partial charge on any atom is 0.254 e. The van der Waals surface area contributed by atoms with Gasteiger partial charge in [-0.05, 0) is 49.7 Å². The lowest BCUT2D eigenvalue weighted by atomic mass is 10.1. The number of nitrogens with zero attached hydrogens (tertiary/aromatic N) is 4. The molecule has 1 amide bonds. The molecule has 2 heterocycles. The fourth-order valence-electron chi connectivity index (χ4n) is 3.62. The van der Waals surface area contributed by atoms with Crippen molar-refractivity contribution >= 4 is 34.9 Å². The van der Waals surface area contributed by atoms with E-state index in [1.165, 1.54) is 6.33 Å². The molecule has 0 aliphatic carbocycles. The third kappa shape index (κ3) is 4.92. The lowest BCUT2D eigenvalue weighted by molar-refractivity contribution is 0.0673. The smallest absolute Gasteiger partial charge is 0.254 e. The quantitative estimate of drug-likeness (QED) is 0.537. The Morgan fingerprint density at radius 3 is 2.65 bits per heavy atom. The van der Waals surface area contributed by atoms with Crippen molar-refractivity contribution in [3.05, 3.63) is 76.0 Å². The Bertz CT molecular complexity index is 1110. The molecule has 4 rings (SSSR count). The van der Waals surface area contributed by atoms with E-state index >= 15 is 0 Å². The summed E-state index contributed by atoms with van der Waals surface area (Å²) >= 11 is 12.1. The predicted octanol–water partition coefficient (Wildman–Crippen LogP) is 5.24. The Kier molecular flexibility index (Phi) is 6.30. The Morgan fingerprint density at radius 2 is 1.90 bits per heavy atom. The van der Waals surface area contributed by atoms with Crippen molar-refractivity contribution in [3.63, 3.8) is 0 Å². The van der Waals surface area contributed by atoms with Crippen LogP contribution >= 0.6 is 23.2 Å².